The number of aliphatic hydroxyl groups is 1. The second-order valence-electron chi connectivity index (χ2n) is 13.5. The number of benzene rings is 2. The molecule has 3 atom stereocenters. The van der Waals surface area contributed by atoms with E-state index in [1.807, 2.05) is 0 Å². The van der Waals surface area contributed by atoms with Gasteiger partial charge < -0.3 is 16.2 Å². The monoisotopic (exact) mass is 722 g/mol. The van der Waals surface area contributed by atoms with Crippen molar-refractivity contribution in [1.82, 2.24) is 25.1 Å². The first-order valence-corrected chi connectivity index (χ1v) is 16.1. The number of carbonyl (C=O) groups is 1. The highest BCUT2D eigenvalue weighted by Crippen LogP contribution is 2.68. The standard InChI is InChI=1S/C37H29F7N6O2/c1-35(2,52)10-8-21-6-7-24(22-4-3-5-25-23(22)9-11-46-34(25)45)31(47-21)28(14-18-12-19(38)15-20(39)13-18)48-29(51)17-50-33-30(32(49-50)37(42,43)44)26-16-27(26)36(33,40)41/h3-7,9,11-13,15,26-28,52H,14,16-17H2,1-2H3,(H2,45,46)(H,48,51)/t26-,27?,28-/m0/s1. The van der Waals surface area contributed by atoms with E-state index in [-0.39, 0.29) is 35.6 Å². The fourth-order valence-electron chi connectivity index (χ4n) is 6.87. The SMILES string of the molecule is CC(C)(O)C#Cc1ccc(-c2cccc3c(N)nccc23)c([C@H](Cc2cc(F)cc(F)c2)NC(=O)Cn2nc(C(F)(F)F)c3c2C(F)(F)C2C[C@H]32)n1. The number of nitrogens with zero attached hydrogens (tertiary/aromatic N) is 4. The molecule has 3 heterocycles. The molecule has 0 aliphatic heterocycles. The number of carbonyl (C=O) groups excluding carboxylic acids is 1. The molecule has 1 fully saturated rings. The van der Waals surface area contributed by atoms with Crippen LogP contribution in [0.25, 0.3) is 21.9 Å². The Morgan fingerprint density at radius 1 is 1.08 bits per heavy atom. The van der Waals surface area contributed by atoms with Crippen LogP contribution in [0.3, 0.4) is 0 Å². The third-order valence-corrected chi connectivity index (χ3v) is 9.07. The minimum absolute atomic E-state index is 0.0702. The number of hydrogen-bond acceptors (Lipinski definition) is 6. The van der Waals surface area contributed by atoms with Crippen molar-refractivity contribution in [3.8, 4) is 23.0 Å². The Kier molecular flexibility index (Phi) is 8.28. The molecule has 3 aromatic heterocycles. The van der Waals surface area contributed by atoms with Gasteiger partial charge in [0.1, 0.15) is 41.0 Å². The zero-order valence-electron chi connectivity index (χ0n) is 27.5. The molecule has 8 nitrogen and oxygen atoms in total. The summed E-state index contributed by atoms with van der Waals surface area (Å²) < 4.78 is 102. The molecule has 0 radical (unpaired) electrons. The molecule has 1 unspecified atom stereocenters. The highest BCUT2D eigenvalue weighted by Gasteiger charge is 2.68. The summed E-state index contributed by atoms with van der Waals surface area (Å²) in [5.74, 6) is -3.18. The fraction of sp³-hybridized carbons (Fsp3) is 0.297. The maximum atomic E-state index is 15.3. The smallest absolute Gasteiger partial charge is 0.383 e. The van der Waals surface area contributed by atoms with Crippen molar-refractivity contribution in [1.29, 1.82) is 0 Å². The Bertz CT molecular complexity index is 2300. The lowest BCUT2D eigenvalue weighted by molar-refractivity contribution is -0.142. The van der Waals surface area contributed by atoms with Crippen LogP contribution in [0.2, 0.25) is 0 Å². The zero-order valence-corrected chi connectivity index (χ0v) is 27.5. The summed E-state index contributed by atoms with van der Waals surface area (Å²) in [5.41, 5.74) is 2.97. The van der Waals surface area contributed by atoms with E-state index in [2.05, 4.69) is 27.2 Å². The molecule has 4 N–H and O–H groups in total. The van der Waals surface area contributed by atoms with Gasteiger partial charge in [0.25, 0.3) is 5.92 Å². The lowest BCUT2D eigenvalue weighted by Gasteiger charge is -2.23. The second-order valence-corrected chi connectivity index (χ2v) is 13.5. The number of hydrogen-bond donors (Lipinski definition) is 3. The third kappa shape index (κ3) is 6.54. The number of pyridine rings is 2. The highest BCUT2D eigenvalue weighted by atomic mass is 19.4. The number of aromatic nitrogens is 4. The molecule has 0 spiro atoms. The van der Waals surface area contributed by atoms with E-state index in [4.69, 9.17) is 10.7 Å². The van der Waals surface area contributed by atoms with Crippen molar-refractivity contribution in [3.63, 3.8) is 0 Å². The Morgan fingerprint density at radius 2 is 1.81 bits per heavy atom. The number of alkyl halides is 5. The molecule has 1 amide bonds. The fourth-order valence-corrected chi connectivity index (χ4v) is 6.87. The van der Waals surface area contributed by atoms with E-state index < -0.39 is 76.6 Å². The van der Waals surface area contributed by atoms with Gasteiger partial charge in [0.05, 0.1) is 11.7 Å². The van der Waals surface area contributed by atoms with E-state index in [1.165, 1.54) is 20.0 Å². The molecule has 0 saturated heterocycles. The van der Waals surface area contributed by atoms with E-state index in [0.29, 0.717) is 32.6 Å². The van der Waals surface area contributed by atoms with Crippen molar-refractivity contribution in [3.05, 3.63) is 106 Å². The van der Waals surface area contributed by atoms with Crippen LogP contribution < -0.4 is 11.1 Å². The van der Waals surface area contributed by atoms with Gasteiger partial charge in [-0.2, -0.15) is 27.1 Å². The van der Waals surface area contributed by atoms with Gasteiger partial charge in [-0.3, -0.25) is 9.48 Å². The number of nitrogens with two attached hydrogens (primary N) is 1. The summed E-state index contributed by atoms with van der Waals surface area (Å²) in [6.07, 6.45) is -3.97. The van der Waals surface area contributed by atoms with Crippen LogP contribution in [0, 0.1) is 29.4 Å². The van der Waals surface area contributed by atoms with E-state index >= 15 is 8.78 Å². The van der Waals surface area contributed by atoms with Crippen molar-refractivity contribution >= 4 is 22.5 Å². The van der Waals surface area contributed by atoms with Gasteiger partial charge in [0.2, 0.25) is 5.91 Å². The van der Waals surface area contributed by atoms with E-state index in [0.717, 1.165) is 12.1 Å². The normalized spacial score (nSPS) is 18.0. The Morgan fingerprint density at radius 3 is 2.50 bits per heavy atom. The van der Waals surface area contributed by atoms with Gasteiger partial charge in [0.15, 0.2) is 5.69 Å². The topological polar surface area (TPSA) is 119 Å². The molecule has 52 heavy (non-hydrogen) atoms. The van der Waals surface area contributed by atoms with Gasteiger partial charge in [-0.05, 0) is 85.4 Å². The predicted molar refractivity (Wildman–Crippen MR) is 175 cm³/mol. The first kappa shape index (κ1) is 34.9. The number of nitrogens with one attached hydrogen (secondary N) is 1. The van der Waals surface area contributed by atoms with Gasteiger partial charge in [-0.15, -0.1) is 0 Å². The van der Waals surface area contributed by atoms with Gasteiger partial charge in [-0.1, -0.05) is 24.1 Å². The Balaban J connectivity index is 1.36. The molecular formula is C37H29F7N6O2. The molecule has 1 saturated carbocycles. The highest BCUT2D eigenvalue weighted by molar-refractivity contribution is 6.01. The number of fused-ring (bicyclic) bond motifs is 4. The number of rotatable bonds is 7. The first-order chi connectivity index (χ1) is 24.4. The summed E-state index contributed by atoms with van der Waals surface area (Å²) in [6, 6.07) is 11.5. The van der Waals surface area contributed by atoms with Crippen LogP contribution in [-0.2, 0) is 29.9 Å². The van der Waals surface area contributed by atoms with Crippen molar-refractivity contribution < 1.29 is 40.6 Å². The first-order valence-electron chi connectivity index (χ1n) is 16.1. The molecule has 0 bridgehead atoms. The molecule has 15 heteroatoms. The molecule has 2 aliphatic carbocycles. The number of amides is 1. The Labute approximate surface area is 291 Å². The van der Waals surface area contributed by atoms with Gasteiger partial charge >= 0.3 is 6.18 Å². The van der Waals surface area contributed by atoms with Crippen molar-refractivity contribution in [2.75, 3.05) is 5.73 Å². The molecular weight excluding hydrogens is 693 g/mol. The summed E-state index contributed by atoms with van der Waals surface area (Å²) in [5, 5.41) is 17.6. The van der Waals surface area contributed by atoms with E-state index in [1.54, 1.807) is 36.4 Å². The molecule has 5 aromatic rings. The lowest BCUT2D eigenvalue weighted by Crippen LogP contribution is -2.35. The van der Waals surface area contributed by atoms with Crippen LogP contribution in [0.1, 0.15) is 66.1 Å². The minimum Gasteiger partial charge on any atom is -0.383 e. The third-order valence-electron chi connectivity index (χ3n) is 9.07. The minimum atomic E-state index is -5.04. The second kappa shape index (κ2) is 12.3. The van der Waals surface area contributed by atoms with Crippen LogP contribution >= 0.6 is 0 Å². The van der Waals surface area contributed by atoms with Crippen molar-refractivity contribution in [2.24, 2.45) is 5.92 Å². The van der Waals surface area contributed by atoms with Gasteiger partial charge in [0, 0.05) is 34.7 Å². The number of anilines is 1. The van der Waals surface area contributed by atoms with Crippen LogP contribution in [0.5, 0.6) is 0 Å². The summed E-state index contributed by atoms with van der Waals surface area (Å²) >= 11 is 0. The quantitative estimate of drug-likeness (QED) is 0.126. The molecule has 2 aliphatic rings. The van der Waals surface area contributed by atoms with Crippen LogP contribution in [-0.4, -0.2) is 36.4 Å². The zero-order chi connectivity index (χ0) is 37.3. The van der Waals surface area contributed by atoms with Gasteiger partial charge in [-0.25, -0.2) is 18.7 Å². The predicted octanol–water partition coefficient (Wildman–Crippen LogP) is 6.80. The number of halogens is 7. The molecule has 7 rings (SSSR count). The van der Waals surface area contributed by atoms with Crippen molar-refractivity contribution in [2.45, 2.75) is 62.9 Å². The molecule has 2 aromatic carbocycles. The van der Waals surface area contributed by atoms with Crippen LogP contribution in [0.4, 0.5) is 36.6 Å². The summed E-state index contributed by atoms with van der Waals surface area (Å²) in [4.78, 5) is 22.6. The van der Waals surface area contributed by atoms with E-state index in [9.17, 15) is 31.9 Å². The van der Waals surface area contributed by atoms with Crippen LogP contribution in [0.15, 0.2) is 60.8 Å². The maximum Gasteiger partial charge on any atom is 0.435 e. The average molecular weight is 723 g/mol. The Hall–Kier alpha value is -5.49. The maximum absolute atomic E-state index is 15.3. The lowest BCUT2D eigenvalue weighted by atomic mass is 9.92. The largest absolute Gasteiger partial charge is 0.435 e. The average Bonchev–Trinajstić information content (AvgIpc) is 3.70. The number of nitrogen functional groups attached to an aromatic ring is 1. The summed E-state index contributed by atoms with van der Waals surface area (Å²) in [7, 11) is 0. The summed E-state index contributed by atoms with van der Waals surface area (Å²) in [6.45, 7) is 1.88. The molecule has 268 valence electrons.